The van der Waals surface area contributed by atoms with Crippen molar-refractivity contribution < 1.29 is 8.42 Å². The topological polar surface area (TPSA) is 39.1 Å². The van der Waals surface area contributed by atoms with Crippen LogP contribution in [0.3, 0.4) is 0 Å². The predicted octanol–water partition coefficient (Wildman–Crippen LogP) is 7.86. The molecule has 2 aliphatic rings. The minimum absolute atomic E-state index is 0.316. The van der Waals surface area contributed by atoms with Crippen molar-refractivity contribution >= 4 is 31.5 Å². The van der Waals surface area contributed by atoms with Gasteiger partial charge in [-0.05, 0) is 49.9 Å². The van der Waals surface area contributed by atoms with Gasteiger partial charge in [-0.3, -0.25) is 0 Å². The first kappa shape index (κ1) is 22.6. The van der Waals surface area contributed by atoms with Gasteiger partial charge >= 0.3 is 0 Å². The molecule has 4 aromatic carbocycles. The fourth-order valence-corrected chi connectivity index (χ4v) is 7.24. The maximum atomic E-state index is 14.3. The largest absolute Gasteiger partial charge is 0.343 e. The highest BCUT2D eigenvalue weighted by molar-refractivity contribution is 7.92. The smallest absolute Gasteiger partial charge is 0.207 e. The molecular weight excluding hydrogens is 462 g/mol. The minimum atomic E-state index is -3.79. The third-order valence-electron chi connectivity index (χ3n) is 7.26. The molecule has 36 heavy (non-hydrogen) atoms. The molecule has 0 bridgehead atoms. The van der Waals surface area contributed by atoms with Crippen molar-refractivity contribution in [1.29, 1.82) is 0 Å². The highest BCUT2D eigenvalue weighted by atomic mass is 32.2. The van der Waals surface area contributed by atoms with E-state index >= 15 is 0 Å². The van der Waals surface area contributed by atoms with Gasteiger partial charge in [0, 0.05) is 40.0 Å². The van der Waals surface area contributed by atoms with Crippen molar-refractivity contribution in [1.82, 2.24) is 4.57 Å². The van der Waals surface area contributed by atoms with Crippen LogP contribution in [0.25, 0.3) is 44.1 Å². The molecule has 0 aromatic heterocycles. The summed E-state index contributed by atoms with van der Waals surface area (Å²) >= 11 is 0. The molecule has 4 aromatic rings. The highest BCUT2D eigenvalue weighted by Gasteiger charge is 2.33. The Balaban J connectivity index is 1.86. The number of nitrogens with zero attached hydrogens (tertiary/aromatic N) is 1. The number of sulfone groups is 1. The van der Waals surface area contributed by atoms with Crippen LogP contribution in [0.15, 0.2) is 101 Å². The number of hydrogen-bond acceptors (Lipinski definition) is 2. The molecule has 1 aliphatic heterocycles. The van der Waals surface area contributed by atoms with Crippen LogP contribution in [0.4, 0.5) is 0 Å². The van der Waals surface area contributed by atoms with Gasteiger partial charge in [0.25, 0.3) is 0 Å². The monoisotopic (exact) mass is 489 g/mol. The molecule has 1 aliphatic carbocycles. The van der Waals surface area contributed by atoms with Gasteiger partial charge < -0.3 is 4.57 Å². The summed E-state index contributed by atoms with van der Waals surface area (Å²) in [4.78, 5) is 0.705. The van der Waals surface area contributed by atoms with E-state index in [0.29, 0.717) is 9.79 Å². The summed E-state index contributed by atoms with van der Waals surface area (Å²) in [7, 11) is -1.72. The third kappa shape index (κ3) is 3.21. The number of rotatable bonds is 3. The zero-order chi connectivity index (χ0) is 25.2. The number of aryl methyl sites for hydroxylation is 4. The standard InChI is InChI=1S/C32H27NO2S/c1-20-13-16-23(17-14-20)36(34,35)32-26-10-6-5-9-25(26)29-30(32)27-11-7-8-12-28(27)33(4)31(29)24-18-15-21(2)19-22(24)3/h5-19H,1-4H3. The molecule has 0 fully saturated rings. The van der Waals surface area contributed by atoms with Gasteiger partial charge in [-0.2, -0.15) is 0 Å². The van der Waals surface area contributed by atoms with Crippen LogP contribution in [-0.4, -0.2) is 13.0 Å². The van der Waals surface area contributed by atoms with E-state index in [9.17, 15) is 8.42 Å². The third-order valence-corrected chi connectivity index (χ3v) is 9.12. The van der Waals surface area contributed by atoms with Gasteiger partial charge in [0.05, 0.1) is 15.5 Å². The van der Waals surface area contributed by atoms with Gasteiger partial charge in [-0.1, -0.05) is 83.9 Å². The lowest BCUT2D eigenvalue weighted by Crippen LogP contribution is -2.07. The fraction of sp³-hybridized carbons (Fsp3) is 0.125. The van der Waals surface area contributed by atoms with Crippen molar-refractivity contribution in [3.05, 3.63) is 108 Å². The van der Waals surface area contributed by atoms with Crippen LogP contribution in [0.1, 0.15) is 16.7 Å². The maximum Gasteiger partial charge on any atom is 0.207 e. The molecule has 1 heterocycles. The highest BCUT2D eigenvalue weighted by Crippen LogP contribution is 2.51. The van der Waals surface area contributed by atoms with Crippen LogP contribution in [0.2, 0.25) is 0 Å². The van der Waals surface area contributed by atoms with E-state index in [1.807, 2.05) is 61.5 Å². The molecule has 0 radical (unpaired) electrons. The molecule has 3 nitrogen and oxygen atoms in total. The Hall–Kier alpha value is -3.89. The lowest BCUT2D eigenvalue weighted by atomic mass is 9.93. The minimum Gasteiger partial charge on any atom is -0.343 e. The predicted molar refractivity (Wildman–Crippen MR) is 149 cm³/mol. The number of aromatic nitrogens is 1. The quantitative estimate of drug-likeness (QED) is 0.254. The SMILES string of the molecule is Cc1ccc(S(=O)(=O)c2c3c4ccccc4n(C)c(-c4ccc(C)cc4C)c-3c3ccccc23)cc1. The molecule has 0 spiro atoms. The van der Waals surface area contributed by atoms with E-state index < -0.39 is 9.84 Å². The number of para-hydroxylation sites is 1. The summed E-state index contributed by atoms with van der Waals surface area (Å²) in [6, 6.07) is 29.6. The molecule has 0 saturated heterocycles. The zero-order valence-electron chi connectivity index (χ0n) is 20.8. The van der Waals surface area contributed by atoms with Crippen LogP contribution < -0.4 is 0 Å². The van der Waals surface area contributed by atoms with Gasteiger partial charge in [0.15, 0.2) is 0 Å². The summed E-state index contributed by atoms with van der Waals surface area (Å²) in [6.07, 6.45) is 0. The Morgan fingerprint density at radius 1 is 0.639 bits per heavy atom. The second kappa shape index (κ2) is 8.07. The van der Waals surface area contributed by atoms with Crippen molar-refractivity contribution in [3.63, 3.8) is 0 Å². The molecule has 178 valence electrons. The first-order valence-corrected chi connectivity index (χ1v) is 13.6. The summed E-state index contributed by atoms with van der Waals surface area (Å²) in [6.45, 7) is 6.18. The lowest BCUT2D eigenvalue weighted by Gasteiger charge is -2.22. The summed E-state index contributed by atoms with van der Waals surface area (Å²) in [5.74, 6) is 0. The van der Waals surface area contributed by atoms with E-state index in [-0.39, 0.29) is 0 Å². The summed E-state index contributed by atoms with van der Waals surface area (Å²) in [5.41, 5.74) is 8.29. The van der Waals surface area contributed by atoms with E-state index in [2.05, 4.69) is 49.7 Å². The molecule has 0 atom stereocenters. The number of fused-ring (bicyclic) bond motifs is 5. The van der Waals surface area contributed by atoms with Crippen molar-refractivity contribution in [2.75, 3.05) is 0 Å². The Morgan fingerprint density at radius 2 is 1.25 bits per heavy atom. The Labute approximate surface area is 211 Å². The van der Waals surface area contributed by atoms with Gasteiger partial charge in [0.2, 0.25) is 9.84 Å². The van der Waals surface area contributed by atoms with E-state index in [4.69, 9.17) is 0 Å². The van der Waals surface area contributed by atoms with Crippen LogP contribution >= 0.6 is 0 Å². The normalized spacial score (nSPS) is 12.1. The Kier molecular flexibility index (Phi) is 5.06. The molecule has 0 amide bonds. The molecular formula is C32H27NO2S. The molecule has 4 heteroatoms. The van der Waals surface area contributed by atoms with Crippen LogP contribution in [0.5, 0.6) is 0 Å². The molecule has 0 N–H and O–H groups in total. The van der Waals surface area contributed by atoms with Crippen molar-refractivity contribution in [2.45, 2.75) is 30.6 Å². The van der Waals surface area contributed by atoms with Crippen LogP contribution in [0, 0.1) is 20.8 Å². The first-order chi connectivity index (χ1) is 17.3. The Morgan fingerprint density at radius 3 is 1.94 bits per heavy atom. The van der Waals surface area contributed by atoms with E-state index in [0.717, 1.165) is 55.2 Å². The average Bonchev–Trinajstić information content (AvgIpc) is 3.22. The Bertz CT molecular complexity index is 1880. The molecule has 0 saturated carbocycles. The number of benzene rings is 4. The van der Waals surface area contributed by atoms with Gasteiger partial charge in [-0.15, -0.1) is 0 Å². The number of pyridine rings is 1. The molecule has 0 unspecified atom stereocenters. The second-order valence-corrected chi connectivity index (χ2v) is 11.6. The van der Waals surface area contributed by atoms with E-state index in [1.54, 1.807) is 12.1 Å². The molecule has 6 rings (SSSR count). The average molecular weight is 490 g/mol. The zero-order valence-corrected chi connectivity index (χ0v) is 21.6. The number of hydrogen-bond donors (Lipinski definition) is 0. The van der Waals surface area contributed by atoms with Crippen molar-refractivity contribution in [3.8, 4) is 22.4 Å². The summed E-state index contributed by atoms with van der Waals surface area (Å²) in [5, 5.41) is 2.65. The van der Waals surface area contributed by atoms with Crippen LogP contribution in [-0.2, 0) is 16.9 Å². The van der Waals surface area contributed by atoms with Crippen molar-refractivity contribution in [2.24, 2.45) is 7.05 Å². The van der Waals surface area contributed by atoms with Gasteiger partial charge in [0.1, 0.15) is 0 Å². The first-order valence-electron chi connectivity index (χ1n) is 12.1. The van der Waals surface area contributed by atoms with Gasteiger partial charge in [-0.25, -0.2) is 8.42 Å². The van der Waals surface area contributed by atoms with E-state index in [1.165, 1.54) is 5.56 Å². The maximum absolute atomic E-state index is 14.3. The second-order valence-electron chi connectivity index (χ2n) is 9.68. The summed E-state index contributed by atoms with van der Waals surface area (Å²) < 4.78 is 30.8. The fourth-order valence-electron chi connectivity index (χ4n) is 5.56. The lowest BCUT2D eigenvalue weighted by molar-refractivity contribution is 0.597.